The Labute approximate surface area is 420 Å². The lowest BCUT2D eigenvalue weighted by atomic mass is 9.94. The minimum Gasteiger partial charge on any atom is -0.508 e. The van der Waals surface area contributed by atoms with E-state index in [9.17, 15) is 58.5 Å². The smallest absolute Gasteiger partial charge is 0.327 e. The van der Waals surface area contributed by atoms with E-state index < -0.39 is 120 Å². The minimum atomic E-state index is -1.89. The van der Waals surface area contributed by atoms with E-state index >= 15 is 0 Å². The van der Waals surface area contributed by atoms with Crippen molar-refractivity contribution in [2.24, 2.45) is 23.7 Å². The van der Waals surface area contributed by atoms with Crippen LogP contribution in [0.3, 0.4) is 0 Å². The predicted molar refractivity (Wildman–Crippen MR) is 266 cm³/mol. The zero-order valence-electron chi connectivity index (χ0n) is 42.4. The number of nitrogens with one attached hydrogen (secondary N) is 6. The van der Waals surface area contributed by atoms with Gasteiger partial charge in [-0.05, 0) is 62.3 Å². The van der Waals surface area contributed by atoms with E-state index in [2.05, 4.69) is 38.5 Å². The van der Waals surface area contributed by atoms with Gasteiger partial charge in [-0.15, -0.1) is 0 Å². The molecule has 0 spiro atoms. The molecule has 392 valence electrons. The van der Waals surface area contributed by atoms with Gasteiger partial charge in [-0.25, -0.2) is 9.59 Å². The number of aromatic hydroxyl groups is 1. The van der Waals surface area contributed by atoms with Gasteiger partial charge in [0.05, 0.1) is 24.0 Å². The molecule has 1 saturated heterocycles. The highest BCUT2D eigenvalue weighted by Crippen LogP contribution is 2.19. The van der Waals surface area contributed by atoms with Gasteiger partial charge in [0.25, 0.3) is 5.91 Å². The maximum atomic E-state index is 14.5. The van der Waals surface area contributed by atoms with Crippen molar-refractivity contribution in [2.75, 3.05) is 14.2 Å². The average Bonchev–Trinajstić information content (AvgIpc) is 3.33. The van der Waals surface area contributed by atoms with Crippen LogP contribution >= 0.6 is 0 Å². The molecule has 0 saturated carbocycles. The lowest BCUT2D eigenvalue weighted by molar-refractivity contribution is -0.146. The number of carbonyl (C=O) groups is 9. The van der Waals surface area contributed by atoms with Crippen LogP contribution in [0.15, 0.2) is 90.7 Å². The molecule has 1 aliphatic rings. The van der Waals surface area contributed by atoms with Crippen LogP contribution in [0.1, 0.15) is 78.9 Å². The number of carboxylic acids is 2. The summed E-state index contributed by atoms with van der Waals surface area (Å²) in [5, 5.41) is 45.6. The van der Waals surface area contributed by atoms with Crippen molar-refractivity contribution in [3.8, 4) is 5.75 Å². The third-order valence-corrected chi connectivity index (χ3v) is 12.4. The second kappa shape index (κ2) is 27.9. The van der Waals surface area contributed by atoms with Crippen LogP contribution in [-0.2, 0) is 60.7 Å². The van der Waals surface area contributed by atoms with Gasteiger partial charge in [0.15, 0.2) is 0 Å². The lowest BCUT2D eigenvalue weighted by Gasteiger charge is -2.29. The zero-order valence-corrected chi connectivity index (χ0v) is 42.4. The van der Waals surface area contributed by atoms with Crippen LogP contribution in [0.2, 0.25) is 0 Å². The highest BCUT2D eigenvalue weighted by molar-refractivity contribution is 6.00. The number of carbonyl (C=O) groups excluding carboxylic acids is 7. The number of hydrogen-bond donors (Lipinski definition) is 9. The summed E-state index contributed by atoms with van der Waals surface area (Å²) in [6.45, 7) is 14.9. The Hall–Kier alpha value is -7.35. The second-order valence-corrected chi connectivity index (χ2v) is 18.7. The monoisotopic (exact) mass is 1000 g/mol. The lowest BCUT2D eigenvalue weighted by Crippen LogP contribution is -2.59. The Kier molecular flexibility index (Phi) is 22.8. The number of hydrogen-bond acceptors (Lipinski definition) is 11. The normalized spacial score (nSPS) is 25.2. The molecule has 9 N–H and O–H groups in total. The fourth-order valence-electron chi connectivity index (χ4n) is 7.76. The number of benzene rings is 2. The molecule has 1 heterocycles. The molecule has 2 aromatic carbocycles. The van der Waals surface area contributed by atoms with E-state index in [0.29, 0.717) is 17.6 Å². The van der Waals surface area contributed by atoms with E-state index in [4.69, 9.17) is 4.74 Å². The number of methoxy groups -OCH3 is 1. The van der Waals surface area contributed by atoms with Crippen molar-refractivity contribution in [3.05, 3.63) is 102 Å². The number of phenols is 1. The molecule has 1 aliphatic heterocycles. The van der Waals surface area contributed by atoms with Crippen LogP contribution in [0.5, 0.6) is 5.75 Å². The fraction of sp³-hybridized carbons (Fsp3) is 0.481. The van der Waals surface area contributed by atoms with Crippen LogP contribution < -0.4 is 31.9 Å². The van der Waals surface area contributed by atoms with Gasteiger partial charge in [0, 0.05) is 32.9 Å². The molecule has 0 radical (unpaired) electrons. The molecule has 10 atom stereocenters. The number of likely N-dealkylation sites (N-methyl/N-ethyl adjacent to an activating group) is 1. The Morgan fingerprint density at radius 1 is 0.764 bits per heavy atom. The Bertz CT molecular complexity index is 2340. The van der Waals surface area contributed by atoms with Crippen molar-refractivity contribution in [1.29, 1.82) is 0 Å². The Morgan fingerprint density at radius 2 is 1.36 bits per heavy atom. The van der Waals surface area contributed by atoms with E-state index in [1.165, 1.54) is 58.2 Å². The van der Waals surface area contributed by atoms with E-state index in [1.54, 1.807) is 34.0 Å². The number of aliphatic carboxylic acids is 2. The van der Waals surface area contributed by atoms with Crippen LogP contribution in [0, 0.1) is 23.7 Å². The molecular formula is C52H71N7O13. The fourth-order valence-corrected chi connectivity index (χ4v) is 7.76. The van der Waals surface area contributed by atoms with Gasteiger partial charge >= 0.3 is 11.9 Å². The molecule has 72 heavy (non-hydrogen) atoms. The largest absolute Gasteiger partial charge is 0.508 e. The maximum Gasteiger partial charge on any atom is 0.327 e. The molecule has 1 fully saturated rings. The first-order valence-corrected chi connectivity index (χ1v) is 23.8. The molecule has 0 aliphatic carbocycles. The summed E-state index contributed by atoms with van der Waals surface area (Å²) >= 11 is 0. The number of nitrogens with zero attached hydrogens (tertiary/aromatic N) is 1. The predicted octanol–water partition coefficient (Wildman–Crippen LogP) is 2.51. The van der Waals surface area contributed by atoms with Gasteiger partial charge in [-0.1, -0.05) is 107 Å². The number of phenolic OH excluding ortho intramolecular Hbond substituents is 1. The first-order chi connectivity index (χ1) is 33.8. The van der Waals surface area contributed by atoms with Crippen molar-refractivity contribution in [1.82, 2.24) is 36.8 Å². The number of allylic oxidation sites excluding steroid dienone is 2. The summed E-state index contributed by atoms with van der Waals surface area (Å²) in [5.74, 6) is -12.5. The summed E-state index contributed by atoms with van der Waals surface area (Å²) in [5.41, 5.74) is 1.81. The van der Waals surface area contributed by atoms with Crippen molar-refractivity contribution < 1.29 is 63.2 Å². The van der Waals surface area contributed by atoms with Gasteiger partial charge in [0.2, 0.25) is 35.4 Å². The first kappa shape index (κ1) is 59.0. The molecule has 7 amide bonds. The third-order valence-electron chi connectivity index (χ3n) is 12.4. The van der Waals surface area contributed by atoms with Crippen molar-refractivity contribution >= 4 is 53.3 Å². The summed E-state index contributed by atoms with van der Waals surface area (Å²) in [7, 11) is 2.82. The molecule has 0 aromatic heterocycles. The molecule has 2 aromatic rings. The second-order valence-electron chi connectivity index (χ2n) is 18.7. The standard InChI is InChI=1S/C52H71N7O13/c1-28(2)24-40-50(67)58-44(52(70)71)32(6)46(63)56-41(26-36-17-19-37(60)20-18-36)49(66)54-38(21-16-29(3)25-30(4)42(72-10)27-35-14-12-11-13-15-35)31(5)45(62)55-39(51(68)69)22-23-43(61)59(9)34(8)48(65)53-33(7)47(64)57-40/h11-21,25,28,30-33,38-42,44,60H,8,22-24,26-27H2,1-7,9-10H3,(H,53,65)(H,54,66)(H,55,62)(H,56,63)(H,57,64)(H,58,67)(H,68,69)(H,70,71). The van der Waals surface area contributed by atoms with Gasteiger partial charge in [-0.2, -0.15) is 0 Å². The highest BCUT2D eigenvalue weighted by Gasteiger charge is 2.37. The summed E-state index contributed by atoms with van der Waals surface area (Å²) < 4.78 is 5.82. The molecule has 0 bridgehead atoms. The van der Waals surface area contributed by atoms with Crippen LogP contribution in [-0.4, -0.2) is 130 Å². The summed E-state index contributed by atoms with van der Waals surface area (Å²) in [4.78, 5) is 123. The van der Waals surface area contributed by atoms with Crippen molar-refractivity contribution in [2.45, 2.75) is 123 Å². The van der Waals surface area contributed by atoms with E-state index in [1.807, 2.05) is 43.3 Å². The minimum absolute atomic E-state index is 0.00296. The van der Waals surface area contributed by atoms with E-state index in [0.717, 1.165) is 10.5 Å². The third kappa shape index (κ3) is 18.1. The Morgan fingerprint density at radius 3 is 1.94 bits per heavy atom. The zero-order chi connectivity index (χ0) is 54.0. The number of carboxylic acid groups (broad SMARTS) is 2. The number of amides is 7. The van der Waals surface area contributed by atoms with Crippen LogP contribution in [0.25, 0.3) is 0 Å². The molecule has 20 heteroatoms. The molecule has 20 nitrogen and oxygen atoms in total. The SMILES string of the molecule is C=C1C(=O)NC(C)C(=O)NC(CC(C)C)C(=O)NC(C(=O)O)C(C)C(=O)NC(Cc2ccc(O)cc2)C(=O)NC(C=CC(C)=CC(C)C(Cc2ccccc2)OC)C(C)C(=O)NC(C(=O)O)CCC(=O)N1C. The van der Waals surface area contributed by atoms with Gasteiger partial charge < -0.3 is 56.9 Å². The van der Waals surface area contributed by atoms with Gasteiger partial charge in [-0.3, -0.25) is 33.6 Å². The summed E-state index contributed by atoms with van der Waals surface area (Å²) in [6, 6.07) is 6.61. The molecule has 3 rings (SSSR count). The van der Waals surface area contributed by atoms with Crippen molar-refractivity contribution in [3.63, 3.8) is 0 Å². The quantitative estimate of drug-likeness (QED) is 0.103. The molecular weight excluding hydrogens is 931 g/mol. The summed E-state index contributed by atoms with van der Waals surface area (Å²) in [6.07, 6.45) is 4.40. The highest BCUT2D eigenvalue weighted by atomic mass is 16.5. The topological polar surface area (TPSA) is 299 Å². The Balaban J connectivity index is 2.15. The number of ether oxygens (including phenoxy) is 1. The molecule has 10 unspecified atom stereocenters. The van der Waals surface area contributed by atoms with E-state index in [-0.39, 0.29) is 36.5 Å². The van der Waals surface area contributed by atoms with Crippen LogP contribution in [0.4, 0.5) is 0 Å². The number of rotatable bonds is 13. The first-order valence-electron chi connectivity index (χ1n) is 23.8. The maximum absolute atomic E-state index is 14.5. The van der Waals surface area contributed by atoms with Gasteiger partial charge in [0.1, 0.15) is 41.7 Å². The average molecular weight is 1000 g/mol.